The predicted octanol–water partition coefficient (Wildman–Crippen LogP) is 6.39. The summed E-state index contributed by atoms with van der Waals surface area (Å²) in [6.07, 6.45) is 15.2. The van der Waals surface area contributed by atoms with Gasteiger partial charge in [-0.25, -0.2) is 4.79 Å². The maximum absolute atomic E-state index is 11.6. The molecule has 5 nitrogen and oxygen atoms in total. The van der Waals surface area contributed by atoms with E-state index in [0.29, 0.717) is 13.2 Å². The van der Waals surface area contributed by atoms with Gasteiger partial charge in [0.2, 0.25) is 0 Å². The van der Waals surface area contributed by atoms with Gasteiger partial charge in [0.05, 0.1) is 19.6 Å². The predicted molar refractivity (Wildman–Crippen MR) is 115 cm³/mol. The van der Waals surface area contributed by atoms with Crippen LogP contribution in [0.3, 0.4) is 0 Å². The van der Waals surface area contributed by atoms with Gasteiger partial charge in [0.1, 0.15) is 0 Å². The Morgan fingerprint density at radius 1 is 0.750 bits per heavy atom. The van der Waals surface area contributed by atoms with Crippen LogP contribution in [0.4, 0.5) is 4.79 Å². The summed E-state index contributed by atoms with van der Waals surface area (Å²) in [6, 6.07) is 0. The van der Waals surface area contributed by atoms with Gasteiger partial charge in [0.25, 0.3) is 0 Å². The highest BCUT2D eigenvalue weighted by atomic mass is 16.5. The summed E-state index contributed by atoms with van der Waals surface area (Å²) < 4.78 is 10.3. The summed E-state index contributed by atoms with van der Waals surface area (Å²) in [7, 11) is 0. The standard InChI is InChI=1S/C23H45NO4/c1-5-6-7-8-9-10-11-12-13-14-15-16-19-27-21(25)17-18-24-22(26)28-20-23(2,3)4/h5-20H2,1-4H3,(H,24,26). The molecule has 0 aliphatic heterocycles. The van der Waals surface area contributed by atoms with Crippen LogP contribution in [0.5, 0.6) is 0 Å². The monoisotopic (exact) mass is 399 g/mol. The quantitative estimate of drug-likeness (QED) is 0.227. The van der Waals surface area contributed by atoms with Gasteiger partial charge in [-0.2, -0.15) is 0 Å². The van der Waals surface area contributed by atoms with Crippen molar-refractivity contribution in [2.45, 2.75) is 111 Å². The van der Waals surface area contributed by atoms with E-state index in [1.54, 1.807) is 0 Å². The van der Waals surface area contributed by atoms with Gasteiger partial charge >= 0.3 is 12.1 Å². The third kappa shape index (κ3) is 21.0. The number of ether oxygens (including phenoxy) is 2. The van der Waals surface area contributed by atoms with Gasteiger partial charge < -0.3 is 14.8 Å². The van der Waals surface area contributed by atoms with E-state index in [1.807, 2.05) is 20.8 Å². The molecule has 0 heterocycles. The van der Waals surface area contributed by atoms with E-state index in [1.165, 1.54) is 64.2 Å². The lowest BCUT2D eigenvalue weighted by Crippen LogP contribution is -2.30. The minimum atomic E-state index is -0.483. The summed E-state index contributed by atoms with van der Waals surface area (Å²) >= 11 is 0. The fraction of sp³-hybridized carbons (Fsp3) is 0.913. The molecule has 0 aliphatic carbocycles. The molecule has 166 valence electrons. The number of hydrogen-bond acceptors (Lipinski definition) is 4. The van der Waals surface area contributed by atoms with E-state index >= 15 is 0 Å². The maximum atomic E-state index is 11.6. The summed E-state index contributed by atoms with van der Waals surface area (Å²) in [5.41, 5.74) is -0.0650. The molecular formula is C23H45NO4. The highest BCUT2D eigenvalue weighted by molar-refractivity contribution is 5.71. The van der Waals surface area contributed by atoms with E-state index in [9.17, 15) is 9.59 Å². The van der Waals surface area contributed by atoms with Crippen LogP contribution < -0.4 is 5.32 Å². The average molecular weight is 400 g/mol. The Morgan fingerprint density at radius 3 is 1.75 bits per heavy atom. The van der Waals surface area contributed by atoms with Gasteiger partial charge in [-0.05, 0) is 11.8 Å². The molecular weight excluding hydrogens is 354 g/mol. The molecule has 0 saturated carbocycles. The minimum Gasteiger partial charge on any atom is -0.466 e. The SMILES string of the molecule is CCCCCCCCCCCCCCOC(=O)CCNC(=O)OCC(C)(C)C. The third-order valence-electron chi connectivity index (χ3n) is 4.50. The zero-order valence-corrected chi connectivity index (χ0v) is 18.9. The first-order valence-electron chi connectivity index (χ1n) is 11.4. The summed E-state index contributed by atoms with van der Waals surface area (Å²) in [6.45, 7) is 9.31. The van der Waals surface area contributed by atoms with Gasteiger partial charge in [-0.3, -0.25) is 4.79 Å². The first kappa shape index (κ1) is 26.7. The van der Waals surface area contributed by atoms with Crippen molar-refractivity contribution in [2.24, 2.45) is 5.41 Å². The van der Waals surface area contributed by atoms with Crippen molar-refractivity contribution in [3.8, 4) is 0 Å². The summed E-state index contributed by atoms with van der Waals surface area (Å²) in [4.78, 5) is 23.1. The van der Waals surface area contributed by atoms with Crippen LogP contribution in [0, 0.1) is 5.41 Å². The summed E-state index contributed by atoms with van der Waals surface area (Å²) in [5, 5.41) is 2.57. The molecule has 0 fully saturated rings. The number of unbranched alkanes of at least 4 members (excludes halogenated alkanes) is 11. The van der Waals surface area contributed by atoms with Crippen molar-refractivity contribution < 1.29 is 19.1 Å². The highest BCUT2D eigenvalue weighted by Crippen LogP contribution is 2.13. The second kappa shape index (κ2) is 17.8. The normalized spacial score (nSPS) is 11.3. The molecule has 0 spiro atoms. The lowest BCUT2D eigenvalue weighted by molar-refractivity contribution is -0.143. The highest BCUT2D eigenvalue weighted by Gasteiger charge is 2.13. The number of rotatable bonds is 17. The maximum Gasteiger partial charge on any atom is 0.407 e. The Morgan fingerprint density at radius 2 is 1.25 bits per heavy atom. The third-order valence-corrected chi connectivity index (χ3v) is 4.50. The summed E-state index contributed by atoms with van der Waals surface area (Å²) in [5.74, 6) is -0.265. The molecule has 0 aromatic carbocycles. The molecule has 0 aromatic rings. The number of carbonyl (C=O) groups is 2. The van der Waals surface area contributed by atoms with Gasteiger partial charge in [-0.1, -0.05) is 98.3 Å². The van der Waals surface area contributed by atoms with Crippen LogP contribution in [-0.4, -0.2) is 31.8 Å². The van der Waals surface area contributed by atoms with E-state index in [4.69, 9.17) is 9.47 Å². The Bertz CT molecular complexity index is 391. The Kier molecular flexibility index (Phi) is 17.0. The van der Waals surface area contributed by atoms with Crippen LogP contribution in [-0.2, 0) is 14.3 Å². The van der Waals surface area contributed by atoms with Crippen molar-refractivity contribution in [1.82, 2.24) is 5.32 Å². The van der Waals surface area contributed by atoms with Gasteiger partial charge in [0.15, 0.2) is 0 Å². The molecule has 0 atom stereocenters. The first-order valence-corrected chi connectivity index (χ1v) is 11.4. The molecule has 5 heteroatoms. The average Bonchev–Trinajstić information content (AvgIpc) is 2.63. The second-order valence-corrected chi connectivity index (χ2v) is 8.92. The van der Waals surface area contributed by atoms with Crippen molar-refractivity contribution in [2.75, 3.05) is 19.8 Å². The Balaban J connectivity index is 3.32. The lowest BCUT2D eigenvalue weighted by atomic mass is 9.99. The number of hydrogen-bond donors (Lipinski definition) is 1. The van der Waals surface area contributed by atoms with Crippen LogP contribution in [0.2, 0.25) is 0 Å². The molecule has 0 aromatic heterocycles. The van der Waals surface area contributed by atoms with E-state index in [-0.39, 0.29) is 24.3 Å². The smallest absolute Gasteiger partial charge is 0.407 e. The molecule has 0 radical (unpaired) electrons. The minimum absolute atomic E-state index is 0.0650. The number of carbonyl (C=O) groups excluding carboxylic acids is 2. The van der Waals surface area contributed by atoms with Crippen LogP contribution in [0.15, 0.2) is 0 Å². The van der Waals surface area contributed by atoms with Crippen LogP contribution >= 0.6 is 0 Å². The molecule has 0 bridgehead atoms. The molecule has 1 N–H and O–H groups in total. The molecule has 0 aliphatic rings. The van der Waals surface area contributed by atoms with Crippen LogP contribution in [0.1, 0.15) is 111 Å². The van der Waals surface area contributed by atoms with Crippen molar-refractivity contribution in [3.63, 3.8) is 0 Å². The topological polar surface area (TPSA) is 64.6 Å². The largest absolute Gasteiger partial charge is 0.466 e. The fourth-order valence-electron chi connectivity index (χ4n) is 2.80. The van der Waals surface area contributed by atoms with Crippen LogP contribution in [0.25, 0.3) is 0 Å². The molecule has 0 rings (SSSR count). The van der Waals surface area contributed by atoms with Gasteiger partial charge in [-0.15, -0.1) is 0 Å². The molecule has 1 amide bonds. The number of amides is 1. The number of alkyl carbamates (subject to hydrolysis) is 1. The van der Waals surface area contributed by atoms with E-state index < -0.39 is 6.09 Å². The lowest BCUT2D eigenvalue weighted by Gasteiger charge is -2.17. The van der Waals surface area contributed by atoms with Crippen molar-refractivity contribution >= 4 is 12.1 Å². The molecule has 0 unspecified atom stereocenters. The number of nitrogens with one attached hydrogen (secondary N) is 1. The van der Waals surface area contributed by atoms with Crippen molar-refractivity contribution in [3.05, 3.63) is 0 Å². The van der Waals surface area contributed by atoms with Gasteiger partial charge in [0, 0.05) is 6.54 Å². The Labute approximate surface area is 173 Å². The zero-order valence-electron chi connectivity index (χ0n) is 18.9. The van der Waals surface area contributed by atoms with E-state index in [0.717, 1.165) is 12.8 Å². The first-order chi connectivity index (χ1) is 13.3. The Hall–Kier alpha value is -1.26. The fourth-order valence-corrected chi connectivity index (χ4v) is 2.80. The van der Waals surface area contributed by atoms with Crippen molar-refractivity contribution in [1.29, 1.82) is 0 Å². The molecule has 28 heavy (non-hydrogen) atoms. The van der Waals surface area contributed by atoms with E-state index in [2.05, 4.69) is 12.2 Å². The molecule has 0 saturated heterocycles. The number of esters is 1. The second-order valence-electron chi connectivity index (χ2n) is 8.92. The zero-order chi connectivity index (χ0) is 21.1.